The Balaban J connectivity index is 4.33. The number of carbonyl (C=O) groups is 3. The lowest BCUT2D eigenvalue weighted by atomic mass is 9.99. The maximum absolute atomic E-state index is 12.7. The van der Waals surface area contributed by atoms with E-state index >= 15 is 0 Å². The van der Waals surface area contributed by atoms with Crippen LogP contribution in [0.25, 0.3) is 0 Å². The van der Waals surface area contributed by atoms with E-state index in [-0.39, 0.29) is 31.1 Å². The van der Waals surface area contributed by atoms with Crippen LogP contribution in [0.1, 0.15) is 265 Å². The topological polar surface area (TPSA) is 78.9 Å². The van der Waals surface area contributed by atoms with Crippen molar-refractivity contribution >= 4 is 17.9 Å². The molecule has 0 aromatic rings. The van der Waals surface area contributed by atoms with E-state index in [1.54, 1.807) is 0 Å². The van der Waals surface area contributed by atoms with Crippen LogP contribution in [0, 0.1) is 5.92 Å². The van der Waals surface area contributed by atoms with Crippen molar-refractivity contribution in [1.82, 2.24) is 0 Å². The van der Waals surface area contributed by atoms with Crippen molar-refractivity contribution < 1.29 is 28.6 Å². The van der Waals surface area contributed by atoms with Crippen LogP contribution in [0.2, 0.25) is 0 Å². The van der Waals surface area contributed by atoms with Gasteiger partial charge >= 0.3 is 17.9 Å². The van der Waals surface area contributed by atoms with E-state index in [2.05, 4.69) is 27.7 Å². The molecule has 54 heavy (non-hydrogen) atoms. The minimum atomic E-state index is -0.759. The highest BCUT2D eigenvalue weighted by atomic mass is 16.6. The normalized spacial score (nSPS) is 12.4. The van der Waals surface area contributed by atoms with Gasteiger partial charge in [-0.2, -0.15) is 0 Å². The predicted molar refractivity (Wildman–Crippen MR) is 229 cm³/mol. The summed E-state index contributed by atoms with van der Waals surface area (Å²) < 4.78 is 16.7. The van der Waals surface area contributed by atoms with E-state index in [1.165, 1.54) is 161 Å². The number of hydrogen-bond donors (Lipinski definition) is 0. The summed E-state index contributed by atoms with van der Waals surface area (Å²) >= 11 is 0. The molecular weight excluding hydrogens is 673 g/mol. The van der Waals surface area contributed by atoms with E-state index in [1.807, 2.05) is 0 Å². The number of esters is 3. The SMILES string of the molecule is CCCCCCCCCCCCCCCC(=O)OC[C@@H](COC(=O)CCCCCCCCCCC(C)CC)OC(=O)CCCCCCCCCCCCC. The van der Waals surface area contributed by atoms with Gasteiger partial charge in [0.2, 0.25) is 0 Å². The molecule has 0 amide bonds. The first-order chi connectivity index (χ1) is 26.4. The average molecular weight is 765 g/mol. The number of unbranched alkanes of at least 4 members (excludes halogenated alkanes) is 29. The second-order valence-corrected chi connectivity index (χ2v) is 16.6. The minimum absolute atomic E-state index is 0.0636. The number of ether oxygens (including phenoxy) is 3. The van der Waals surface area contributed by atoms with Gasteiger partial charge in [0, 0.05) is 19.3 Å². The largest absolute Gasteiger partial charge is 0.462 e. The fourth-order valence-corrected chi connectivity index (χ4v) is 7.12. The van der Waals surface area contributed by atoms with Crippen LogP contribution in [0.4, 0.5) is 0 Å². The molecular formula is C48H92O6. The first kappa shape index (κ1) is 52.4. The lowest BCUT2D eigenvalue weighted by Gasteiger charge is -2.18. The van der Waals surface area contributed by atoms with Gasteiger partial charge in [0.15, 0.2) is 6.10 Å². The molecule has 0 aromatic heterocycles. The molecule has 0 saturated carbocycles. The lowest BCUT2D eigenvalue weighted by molar-refractivity contribution is -0.167. The van der Waals surface area contributed by atoms with Gasteiger partial charge in [-0.05, 0) is 25.2 Å². The monoisotopic (exact) mass is 765 g/mol. The Bertz CT molecular complexity index is 813. The Hall–Kier alpha value is -1.59. The van der Waals surface area contributed by atoms with Gasteiger partial charge in [0.25, 0.3) is 0 Å². The third-order valence-corrected chi connectivity index (χ3v) is 11.2. The Morgan fingerprint density at radius 1 is 0.370 bits per heavy atom. The van der Waals surface area contributed by atoms with E-state index in [0.717, 1.165) is 63.7 Å². The fourth-order valence-electron chi connectivity index (χ4n) is 7.12. The van der Waals surface area contributed by atoms with Crippen molar-refractivity contribution in [2.24, 2.45) is 5.92 Å². The Morgan fingerprint density at radius 2 is 0.648 bits per heavy atom. The lowest BCUT2D eigenvalue weighted by Crippen LogP contribution is -2.30. The molecule has 0 rings (SSSR count). The summed E-state index contributed by atoms with van der Waals surface area (Å²) in [5.41, 5.74) is 0. The molecule has 0 saturated heterocycles. The molecule has 0 aliphatic carbocycles. The van der Waals surface area contributed by atoms with Crippen LogP contribution < -0.4 is 0 Å². The van der Waals surface area contributed by atoms with Crippen LogP contribution in [-0.4, -0.2) is 37.2 Å². The Kier molecular flexibility index (Phi) is 41.3. The van der Waals surface area contributed by atoms with Crippen LogP contribution in [0.5, 0.6) is 0 Å². The summed E-state index contributed by atoms with van der Waals surface area (Å²) in [6, 6.07) is 0. The highest BCUT2D eigenvalue weighted by Crippen LogP contribution is 2.17. The van der Waals surface area contributed by atoms with Crippen LogP contribution >= 0.6 is 0 Å². The van der Waals surface area contributed by atoms with Gasteiger partial charge < -0.3 is 14.2 Å². The summed E-state index contributed by atoms with van der Waals surface area (Å²) in [4.78, 5) is 37.8. The third kappa shape index (κ3) is 40.1. The highest BCUT2D eigenvalue weighted by molar-refractivity contribution is 5.71. The number of rotatable bonds is 43. The summed E-state index contributed by atoms with van der Waals surface area (Å²) in [6.45, 7) is 9.00. The Morgan fingerprint density at radius 3 is 0.963 bits per heavy atom. The van der Waals surface area contributed by atoms with Crippen molar-refractivity contribution in [3.8, 4) is 0 Å². The summed E-state index contributed by atoms with van der Waals surface area (Å²) in [7, 11) is 0. The van der Waals surface area contributed by atoms with Crippen LogP contribution in [0.15, 0.2) is 0 Å². The molecule has 320 valence electrons. The molecule has 0 heterocycles. The van der Waals surface area contributed by atoms with Gasteiger partial charge in [-0.15, -0.1) is 0 Å². The Labute approximate surface area is 336 Å². The fraction of sp³-hybridized carbons (Fsp3) is 0.938. The minimum Gasteiger partial charge on any atom is -0.462 e. The molecule has 0 radical (unpaired) electrons. The smallest absolute Gasteiger partial charge is 0.306 e. The molecule has 0 N–H and O–H groups in total. The zero-order valence-corrected chi connectivity index (χ0v) is 36.7. The van der Waals surface area contributed by atoms with E-state index in [0.29, 0.717) is 19.3 Å². The molecule has 0 aliphatic rings. The standard InChI is InChI=1S/C48H92O6/c1-5-8-10-12-14-16-18-19-21-22-27-31-35-39-46(49)52-42-45(54-48(51)41-37-33-29-23-20-17-15-13-11-9-6-2)43-53-47(50)40-36-32-28-25-24-26-30-34-38-44(4)7-3/h44-45H,5-43H2,1-4H3/t44?,45-/m0/s1. The molecule has 0 aromatic carbocycles. The zero-order chi connectivity index (χ0) is 39.6. The van der Waals surface area contributed by atoms with E-state index in [4.69, 9.17) is 14.2 Å². The van der Waals surface area contributed by atoms with Gasteiger partial charge in [0.1, 0.15) is 13.2 Å². The van der Waals surface area contributed by atoms with Crippen molar-refractivity contribution in [1.29, 1.82) is 0 Å². The molecule has 0 spiro atoms. The number of hydrogen-bond acceptors (Lipinski definition) is 6. The molecule has 0 aliphatic heterocycles. The molecule has 0 bridgehead atoms. The van der Waals surface area contributed by atoms with Crippen molar-refractivity contribution in [2.45, 2.75) is 271 Å². The van der Waals surface area contributed by atoms with Crippen molar-refractivity contribution in [2.75, 3.05) is 13.2 Å². The van der Waals surface area contributed by atoms with Crippen molar-refractivity contribution in [3.05, 3.63) is 0 Å². The molecule has 6 nitrogen and oxygen atoms in total. The van der Waals surface area contributed by atoms with Crippen LogP contribution in [-0.2, 0) is 28.6 Å². The summed E-state index contributed by atoms with van der Waals surface area (Å²) in [5.74, 6) is -0.00409. The maximum Gasteiger partial charge on any atom is 0.306 e. The summed E-state index contributed by atoms with van der Waals surface area (Å²) in [6.07, 6.45) is 42.2. The zero-order valence-electron chi connectivity index (χ0n) is 36.7. The molecule has 2 atom stereocenters. The predicted octanol–water partition coefficient (Wildman–Crippen LogP) is 15.1. The third-order valence-electron chi connectivity index (χ3n) is 11.2. The molecule has 0 fully saturated rings. The van der Waals surface area contributed by atoms with Gasteiger partial charge in [-0.3, -0.25) is 14.4 Å². The second-order valence-electron chi connectivity index (χ2n) is 16.6. The van der Waals surface area contributed by atoms with Gasteiger partial charge in [-0.25, -0.2) is 0 Å². The highest BCUT2D eigenvalue weighted by Gasteiger charge is 2.19. The van der Waals surface area contributed by atoms with Crippen LogP contribution in [0.3, 0.4) is 0 Å². The second kappa shape index (κ2) is 42.6. The average Bonchev–Trinajstić information content (AvgIpc) is 3.17. The summed E-state index contributed by atoms with van der Waals surface area (Å²) in [5, 5.41) is 0. The number of carbonyl (C=O) groups excluding carboxylic acids is 3. The molecule has 6 heteroatoms. The van der Waals surface area contributed by atoms with E-state index < -0.39 is 6.10 Å². The maximum atomic E-state index is 12.7. The van der Waals surface area contributed by atoms with E-state index in [9.17, 15) is 14.4 Å². The molecule has 1 unspecified atom stereocenters. The van der Waals surface area contributed by atoms with Gasteiger partial charge in [0.05, 0.1) is 0 Å². The van der Waals surface area contributed by atoms with Gasteiger partial charge in [-0.1, -0.05) is 227 Å². The quantitative estimate of drug-likeness (QED) is 0.0349. The first-order valence-corrected chi connectivity index (χ1v) is 23.9. The van der Waals surface area contributed by atoms with Crippen molar-refractivity contribution in [3.63, 3.8) is 0 Å². The first-order valence-electron chi connectivity index (χ1n) is 23.9.